The summed E-state index contributed by atoms with van der Waals surface area (Å²) >= 11 is 5.94. The number of Topliss-reactive ketones (excluding diaryl/α,β-unsaturated/α-hetero) is 1. The van der Waals surface area contributed by atoms with Crippen LogP contribution in [0.5, 0.6) is 0 Å². The molecule has 4 nitrogen and oxygen atoms in total. The van der Waals surface area contributed by atoms with Crippen molar-refractivity contribution < 1.29 is 9.59 Å². The van der Waals surface area contributed by atoms with Crippen LogP contribution in [-0.4, -0.2) is 30.3 Å². The number of carbonyl (C=O) groups excluding carboxylic acids is 2. The van der Waals surface area contributed by atoms with Gasteiger partial charge in [0.1, 0.15) is 5.54 Å². The molecule has 0 saturated heterocycles. The lowest BCUT2D eigenvalue weighted by molar-refractivity contribution is -0.120. The first-order valence-corrected chi connectivity index (χ1v) is 10.2. The Morgan fingerprint density at radius 2 is 1.67 bits per heavy atom. The fourth-order valence-electron chi connectivity index (χ4n) is 4.01. The molecule has 2 aromatic rings. The number of likely N-dealkylation sites (N-methyl/N-ethyl adjacent to an activating group) is 1. The molecule has 30 heavy (non-hydrogen) atoms. The second-order valence-corrected chi connectivity index (χ2v) is 7.78. The van der Waals surface area contributed by atoms with Crippen LogP contribution in [0.4, 0.5) is 5.69 Å². The van der Waals surface area contributed by atoms with Crippen LogP contribution in [0.1, 0.15) is 42.5 Å². The number of terminal acetylenes is 1. The third-order valence-electron chi connectivity index (χ3n) is 5.54. The lowest BCUT2D eigenvalue weighted by atomic mass is 9.80. The highest BCUT2D eigenvalue weighted by molar-refractivity contribution is 6.30. The first-order chi connectivity index (χ1) is 14.0. The summed E-state index contributed by atoms with van der Waals surface area (Å²) in [6, 6.07) is 14.9. The molecule has 3 rings (SSSR count). The molecule has 1 saturated carbocycles. The maximum Gasteiger partial charge on any atom is 0.253 e. The molecule has 1 N–H and O–H groups in total. The Kier molecular flexibility index (Phi) is 8.49. The Hall–Kier alpha value is -2.32. The van der Waals surface area contributed by atoms with Gasteiger partial charge >= 0.3 is 0 Å². The van der Waals surface area contributed by atoms with Gasteiger partial charge in [0.2, 0.25) is 0 Å². The molecule has 0 aromatic heterocycles. The van der Waals surface area contributed by atoms with Gasteiger partial charge in [0, 0.05) is 16.3 Å². The highest BCUT2D eigenvalue weighted by atomic mass is 35.5. The molecule has 0 aliphatic heterocycles. The second kappa shape index (κ2) is 10.6. The van der Waals surface area contributed by atoms with Crippen LogP contribution in [-0.2, 0) is 4.79 Å². The van der Waals surface area contributed by atoms with E-state index >= 15 is 0 Å². The molecule has 0 spiro atoms. The smallest absolute Gasteiger partial charge is 0.253 e. The predicted molar refractivity (Wildman–Crippen MR) is 124 cm³/mol. The number of ketones is 1. The minimum absolute atomic E-state index is 0. The SMILES string of the molecule is C#CC1(N(C(=O)C(NC)C(=O)c2ccc(Cl)cc2)c2ccccc2)CCCCC1.Cl. The minimum Gasteiger partial charge on any atom is -0.302 e. The van der Waals surface area contributed by atoms with E-state index in [4.69, 9.17) is 18.0 Å². The average Bonchev–Trinajstić information content (AvgIpc) is 2.76. The van der Waals surface area contributed by atoms with Crippen molar-refractivity contribution in [3.63, 3.8) is 0 Å². The summed E-state index contributed by atoms with van der Waals surface area (Å²) in [7, 11) is 1.61. The monoisotopic (exact) mass is 444 g/mol. The van der Waals surface area contributed by atoms with E-state index in [9.17, 15) is 9.59 Å². The number of amides is 1. The number of carbonyl (C=O) groups is 2. The maximum absolute atomic E-state index is 13.7. The van der Waals surface area contributed by atoms with Crippen molar-refractivity contribution in [2.75, 3.05) is 11.9 Å². The van der Waals surface area contributed by atoms with Crippen molar-refractivity contribution in [3.8, 4) is 12.3 Å². The Labute approximate surface area is 189 Å². The van der Waals surface area contributed by atoms with Gasteiger partial charge in [-0.1, -0.05) is 55.0 Å². The lowest BCUT2D eigenvalue weighted by Crippen LogP contribution is -2.59. The Morgan fingerprint density at radius 1 is 1.07 bits per heavy atom. The number of nitrogens with zero attached hydrogens (tertiary/aromatic N) is 1. The van der Waals surface area contributed by atoms with Crippen molar-refractivity contribution >= 4 is 41.4 Å². The normalized spacial score (nSPS) is 15.9. The average molecular weight is 445 g/mol. The first kappa shape index (κ1) is 24.0. The van der Waals surface area contributed by atoms with E-state index in [2.05, 4.69) is 11.2 Å². The molecule has 1 unspecified atom stereocenters. The predicted octanol–water partition coefficient (Wildman–Crippen LogP) is 4.90. The summed E-state index contributed by atoms with van der Waals surface area (Å²) in [4.78, 5) is 28.5. The van der Waals surface area contributed by atoms with E-state index in [0.717, 1.165) is 32.1 Å². The lowest BCUT2D eigenvalue weighted by Gasteiger charge is -2.44. The van der Waals surface area contributed by atoms with Crippen LogP contribution < -0.4 is 10.2 Å². The van der Waals surface area contributed by atoms with Gasteiger partial charge in [-0.05, 0) is 56.3 Å². The highest BCUT2D eigenvalue weighted by Crippen LogP contribution is 2.37. The molecule has 2 aromatic carbocycles. The van der Waals surface area contributed by atoms with Gasteiger partial charge in [-0.25, -0.2) is 0 Å². The number of benzene rings is 2. The summed E-state index contributed by atoms with van der Waals surface area (Å²) in [6.45, 7) is 0. The minimum atomic E-state index is -1.04. The zero-order valence-corrected chi connectivity index (χ0v) is 18.5. The number of anilines is 1. The zero-order valence-electron chi connectivity index (χ0n) is 16.9. The number of nitrogens with one attached hydrogen (secondary N) is 1. The summed E-state index contributed by atoms with van der Waals surface area (Å²) in [6.07, 6.45) is 10.4. The fourth-order valence-corrected chi connectivity index (χ4v) is 4.13. The Morgan fingerprint density at radius 3 is 2.20 bits per heavy atom. The maximum atomic E-state index is 13.7. The van der Waals surface area contributed by atoms with E-state index < -0.39 is 11.6 Å². The number of rotatable bonds is 6. The first-order valence-electron chi connectivity index (χ1n) is 9.86. The second-order valence-electron chi connectivity index (χ2n) is 7.34. The number of para-hydroxylation sites is 1. The Balaban J connectivity index is 0.00000320. The van der Waals surface area contributed by atoms with Crippen molar-refractivity contribution in [3.05, 3.63) is 65.2 Å². The number of hydrogen-bond donors (Lipinski definition) is 1. The summed E-state index contributed by atoms with van der Waals surface area (Å²) in [5.74, 6) is 2.27. The number of halogens is 2. The van der Waals surface area contributed by atoms with E-state index in [1.54, 1.807) is 36.2 Å². The van der Waals surface area contributed by atoms with Crippen molar-refractivity contribution in [2.45, 2.75) is 43.7 Å². The van der Waals surface area contributed by atoms with Gasteiger partial charge in [-0.2, -0.15) is 0 Å². The summed E-state index contributed by atoms with van der Waals surface area (Å²) in [5, 5.41) is 3.44. The van der Waals surface area contributed by atoms with Gasteiger partial charge in [-0.15, -0.1) is 18.8 Å². The molecule has 1 amide bonds. The fraction of sp³-hybridized carbons (Fsp3) is 0.333. The van der Waals surface area contributed by atoms with E-state index in [1.807, 2.05) is 30.3 Å². The molecular formula is C24H26Cl2N2O2. The van der Waals surface area contributed by atoms with Gasteiger partial charge in [0.05, 0.1) is 0 Å². The van der Waals surface area contributed by atoms with E-state index in [-0.39, 0.29) is 24.1 Å². The van der Waals surface area contributed by atoms with Crippen LogP contribution >= 0.6 is 24.0 Å². The topological polar surface area (TPSA) is 49.4 Å². The van der Waals surface area contributed by atoms with Crippen LogP contribution in [0.15, 0.2) is 54.6 Å². The highest BCUT2D eigenvalue weighted by Gasteiger charge is 2.43. The van der Waals surface area contributed by atoms with Crippen molar-refractivity contribution in [2.24, 2.45) is 0 Å². The van der Waals surface area contributed by atoms with Crippen molar-refractivity contribution in [1.82, 2.24) is 5.32 Å². The largest absolute Gasteiger partial charge is 0.302 e. The summed E-state index contributed by atoms with van der Waals surface area (Å²) < 4.78 is 0. The van der Waals surface area contributed by atoms with E-state index in [1.165, 1.54) is 0 Å². The van der Waals surface area contributed by atoms with Gasteiger partial charge in [0.25, 0.3) is 5.91 Å². The molecule has 0 heterocycles. The molecule has 1 fully saturated rings. The van der Waals surface area contributed by atoms with Crippen LogP contribution in [0.3, 0.4) is 0 Å². The molecular weight excluding hydrogens is 419 g/mol. The molecule has 158 valence electrons. The van der Waals surface area contributed by atoms with Crippen LogP contribution in [0.2, 0.25) is 5.02 Å². The molecule has 6 heteroatoms. The number of hydrogen-bond acceptors (Lipinski definition) is 3. The quantitative estimate of drug-likeness (QED) is 0.391. The molecule has 0 radical (unpaired) electrons. The Bertz CT molecular complexity index is 901. The van der Waals surface area contributed by atoms with Crippen LogP contribution in [0.25, 0.3) is 0 Å². The molecule has 1 aliphatic rings. The van der Waals surface area contributed by atoms with Gasteiger partial charge < -0.3 is 5.32 Å². The molecule has 1 atom stereocenters. The third-order valence-corrected chi connectivity index (χ3v) is 5.79. The standard InChI is InChI=1S/C24H25ClN2O2.ClH/c1-3-24(16-8-5-9-17-24)27(20-10-6-4-7-11-20)23(29)21(26-2)22(28)18-12-14-19(25)15-13-18;/h1,4,6-7,10-15,21,26H,5,8-9,16-17H2,2H3;1H. The van der Waals surface area contributed by atoms with Gasteiger partial charge in [-0.3, -0.25) is 14.5 Å². The third kappa shape index (κ3) is 4.87. The van der Waals surface area contributed by atoms with E-state index in [0.29, 0.717) is 16.3 Å². The summed E-state index contributed by atoms with van der Waals surface area (Å²) in [5.41, 5.74) is 0.404. The van der Waals surface area contributed by atoms with Crippen LogP contribution in [0, 0.1) is 12.3 Å². The zero-order chi connectivity index (χ0) is 20.9. The van der Waals surface area contributed by atoms with Crippen molar-refractivity contribution in [1.29, 1.82) is 0 Å². The van der Waals surface area contributed by atoms with Gasteiger partial charge in [0.15, 0.2) is 11.8 Å². The molecule has 0 bridgehead atoms. The molecule has 1 aliphatic carbocycles.